The van der Waals surface area contributed by atoms with Crippen LogP contribution in [0.25, 0.3) is 0 Å². The standard InChI is InChI=1S/C21H22N2O3/c1-2-23-19-8-7-16(12-15(19)6-9-20(23)24)22-21(25)17-5-3-4-14-10-11-26-13-18(14)17/h3-5,7-8,12H,2,6,9-11,13H2,1H3,(H,22,25). The van der Waals surface area contributed by atoms with E-state index in [4.69, 9.17) is 4.74 Å². The molecule has 2 heterocycles. The average molecular weight is 350 g/mol. The number of nitrogens with one attached hydrogen (secondary N) is 1. The monoisotopic (exact) mass is 350 g/mol. The molecule has 0 aliphatic carbocycles. The van der Waals surface area contributed by atoms with Gasteiger partial charge < -0.3 is 15.0 Å². The Hall–Kier alpha value is -2.66. The molecular formula is C21H22N2O3. The molecule has 4 rings (SSSR count). The van der Waals surface area contributed by atoms with Crippen LogP contribution in [-0.4, -0.2) is 25.0 Å². The van der Waals surface area contributed by atoms with E-state index in [1.807, 2.05) is 37.3 Å². The zero-order valence-electron chi connectivity index (χ0n) is 14.9. The molecular weight excluding hydrogens is 328 g/mol. The zero-order chi connectivity index (χ0) is 18.1. The van der Waals surface area contributed by atoms with Gasteiger partial charge in [-0.2, -0.15) is 0 Å². The summed E-state index contributed by atoms with van der Waals surface area (Å²) in [6, 6.07) is 11.6. The number of benzene rings is 2. The molecule has 0 unspecified atom stereocenters. The van der Waals surface area contributed by atoms with E-state index in [9.17, 15) is 9.59 Å². The maximum absolute atomic E-state index is 12.8. The lowest BCUT2D eigenvalue weighted by Gasteiger charge is -2.28. The van der Waals surface area contributed by atoms with Crippen molar-refractivity contribution in [1.82, 2.24) is 0 Å². The molecule has 134 valence electrons. The first-order valence-electron chi connectivity index (χ1n) is 9.10. The minimum Gasteiger partial charge on any atom is -0.376 e. The van der Waals surface area contributed by atoms with Crippen LogP contribution in [0.1, 0.15) is 40.4 Å². The third-order valence-corrected chi connectivity index (χ3v) is 5.13. The van der Waals surface area contributed by atoms with Gasteiger partial charge in [-0.15, -0.1) is 0 Å². The highest BCUT2D eigenvalue weighted by molar-refractivity contribution is 6.06. The average Bonchev–Trinajstić information content (AvgIpc) is 2.67. The highest BCUT2D eigenvalue weighted by Crippen LogP contribution is 2.30. The van der Waals surface area contributed by atoms with Crippen LogP contribution in [0.3, 0.4) is 0 Å². The predicted octanol–water partition coefficient (Wildman–Crippen LogP) is 3.31. The van der Waals surface area contributed by atoms with Gasteiger partial charge in [0.15, 0.2) is 0 Å². The molecule has 0 bridgehead atoms. The number of hydrogen-bond acceptors (Lipinski definition) is 3. The van der Waals surface area contributed by atoms with Crippen LogP contribution >= 0.6 is 0 Å². The summed E-state index contributed by atoms with van der Waals surface area (Å²) >= 11 is 0. The number of amides is 2. The van der Waals surface area contributed by atoms with Crippen molar-refractivity contribution in [3.63, 3.8) is 0 Å². The molecule has 0 aromatic heterocycles. The van der Waals surface area contributed by atoms with Gasteiger partial charge >= 0.3 is 0 Å². The summed E-state index contributed by atoms with van der Waals surface area (Å²) in [4.78, 5) is 26.6. The Kier molecular flexibility index (Phi) is 4.47. The molecule has 2 amide bonds. The minimum absolute atomic E-state index is 0.119. The molecule has 5 nitrogen and oxygen atoms in total. The van der Waals surface area contributed by atoms with Crippen LogP contribution < -0.4 is 10.2 Å². The number of rotatable bonds is 3. The Morgan fingerprint density at radius 1 is 1.15 bits per heavy atom. The van der Waals surface area contributed by atoms with Crippen LogP contribution in [0.15, 0.2) is 36.4 Å². The summed E-state index contributed by atoms with van der Waals surface area (Å²) in [6.45, 7) is 3.82. The van der Waals surface area contributed by atoms with Gasteiger partial charge in [-0.3, -0.25) is 9.59 Å². The Labute approximate surface area is 153 Å². The normalized spacial score (nSPS) is 16.0. The fourth-order valence-electron chi connectivity index (χ4n) is 3.79. The Morgan fingerprint density at radius 3 is 2.88 bits per heavy atom. The maximum Gasteiger partial charge on any atom is 0.256 e. The second kappa shape index (κ2) is 6.92. The van der Waals surface area contributed by atoms with E-state index in [-0.39, 0.29) is 11.8 Å². The fourth-order valence-corrected chi connectivity index (χ4v) is 3.79. The first kappa shape index (κ1) is 16.8. The molecule has 26 heavy (non-hydrogen) atoms. The number of ether oxygens (including phenoxy) is 1. The van der Waals surface area contributed by atoms with Crippen molar-refractivity contribution in [2.45, 2.75) is 32.8 Å². The highest BCUT2D eigenvalue weighted by Gasteiger charge is 2.23. The molecule has 2 aliphatic rings. The molecule has 5 heteroatoms. The first-order chi connectivity index (χ1) is 12.7. The van der Waals surface area contributed by atoms with Crippen molar-refractivity contribution < 1.29 is 14.3 Å². The van der Waals surface area contributed by atoms with Crippen LogP contribution in [0, 0.1) is 0 Å². The number of anilines is 2. The van der Waals surface area contributed by atoms with Crippen LogP contribution in [0.2, 0.25) is 0 Å². The lowest BCUT2D eigenvalue weighted by molar-refractivity contribution is -0.118. The Morgan fingerprint density at radius 2 is 2.04 bits per heavy atom. The second-order valence-corrected chi connectivity index (χ2v) is 6.68. The summed E-state index contributed by atoms with van der Waals surface area (Å²) in [7, 11) is 0. The van der Waals surface area contributed by atoms with Gasteiger partial charge in [0.2, 0.25) is 5.91 Å². The smallest absolute Gasteiger partial charge is 0.256 e. The molecule has 0 atom stereocenters. The lowest BCUT2D eigenvalue weighted by atomic mass is 9.97. The van der Waals surface area contributed by atoms with Crippen LogP contribution in [0.5, 0.6) is 0 Å². The molecule has 0 fully saturated rings. The number of carbonyl (C=O) groups excluding carboxylic acids is 2. The van der Waals surface area contributed by atoms with Gasteiger partial charge in [0.25, 0.3) is 5.91 Å². The third kappa shape index (κ3) is 2.99. The summed E-state index contributed by atoms with van der Waals surface area (Å²) in [5.41, 5.74) is 5.65. The van der Waals surface area contributed by atoms with Gasteiger partial charge in [0, 0.05) is 29.9 Å². The molecule has 2 aromatic carbocycles. The van der Waals surface area contributed by atoms with E-state index in [2.05, 4.69) is 11.4 Å². The van der Waals surface area contributed by atoms with E-state index >= 15 is 0 Å². The zero-order valence-corrected chi connectivity index (χ0v) is 14.9. The van der Waals surface area contributed by atoms with Gasteiger partial charge in [0.1, 0.15) is 0 Å². The van der Waals surface area contributed by atoms with Crippen molar-refractivity contribution in [2.24, 2.45) is 0 Å². The van der Waals surface area contributed by atoms with Crippen molar-refractivity contribution in [2.75, 3.05) is 23.4 Å². The van der Waals surface area contributed by atoms with Crippen molar-refractivity contribution in [3.05, 3.63) is 58.7 Å². The summed E-state index contributed by atoms with van der Waals surface area (Å²) in [6.07, 6.45) is 2.07. The topological polar surface area (TPSA) is 58.6 Å². The second-order valence-electron chi connectivity index (χ2n) is 6.68. The van der Waals surface area contributed by atoms with Gasteiger partial charge in [-0.25, -0.2) is 0 Å². The molecule has 0 saturated heterocycles. The Balaban J connectivity index is 1.59. The van der Waals surface area contributed by atoms with E-state index in [0.29, 0.717) is 38.2 Å². The molecule has 1 N–H and O–H groups in total. The number of aryl methyl sites for hydroxylation is 1. The van der Waals surface area contributed by atoms with Gasteiger partial charge in [-0.1, -0.05) is 12.1 Å². The highest BCUT2D eigenvalue weighted by atomic mass is 16.5. The van der Waals surface area contributed by atoms with Crippen LogP contribution in [-0.2, 0) is 29.0 Å². The summed E-state index contributed by atoms with van der Waals surface area (Å²) in [5.74, 6) is 0.0410. The van der Waals surface area contributed by atoms with Crippen molar-refractivity contribution >= 4 is 23.2 Å². The van der Waals surface area contributed by atoms with E-state index < -0.39 is 0 Å². The number of carbonyl (C=O) groups is 2. The maximum atomic E-state index is 12.8. The SMILES string of the molecule is CCN1C(=O)CCc2cc(NC(=O)c3cccc4c3COCC4)ccc21. The number of hydrogen-bond donors (Lipinski definition) is 1. The molecule has 0 spiro atoms. The summed E-state index contributed by atoms with van der Waals surface area (Å²) < 4.78 is 5.53. The van der Waals surface area contributed by atoms with Crippen molar-refractivity contribution in [3.8, 4) is 0 Å². The summed E-state index contributed by atoms with van der Waals surface area (Å²) in [5, 5.41) is 3.00. The first-order valence-corrected chi connectivity index (χ1v) is 9.10. The number of fused-ring (bicyclic) bond motifs is 2. The number of nitrogens with zero attached hydrogens (tertiary/aromatic N) is 1. The van der Waals surface area contributed by atoms with Crippen molar-refractivity contribution in [1.29, 1.82) is 0 Å². The van der Waals surface area contributed by atoms with Gasteiger partial charge in [0.05, 0.1) is 13.2 Å². The van der Waals surface area contributed by atoms with Gasteiger partial charge in [-0.05, 0) is 60.7 Å². The van der Waals surface area contributed by atoms with Crippen LogP contribution in [0.4, 0.5) is 11.4 Å². The van der Waals surface area contributed by atoms with E-state index in [1.54, 1.807) is 4.90 Å². The largest absolute Gasteiger partial charge is 0.376 e. The van der Waals surface area contributed by atoms with E-state index in [0.717, 1.165) is 28.9 Å². The van der Waals surface area contributed by atoms with E-state index in [1.165, 1.54) is 5.56 Å². The predicted molar refractivity (Wildman–Crippen MR) is 101 cm³/mol. The Bertz CT molecular complexity index is 876. The molecule has 0 radical (unpaired) electrons. The fraction of sp³-hybridized carbons (Fsp3) is 0.333. The quantitative estimate of drug-likeness (QED) is 0.924. The molecule has 0 saturated carbocycles. The third-order valence-electron chi connectivity index (χ3n) is 5.13. The lowest BCUT2D eigenvalue weighted by Crippen LogP contribution is -2.34. The molecule has 2 aromatic rings. The minimum atomic E-state index is -0.119. The molecule has 2 aliphatic heterocycles.